The van der Waals surface area contributed by atoms with Gasteiger partial charge in [0, 0.05) is 30.7 Å². The Morgan fingerprint density at radius 3 is 2.46 bits per heavy atom. The Morgan fingerprint density at radius 1 is 1.08 bits per heavy atom. The van der Waals surface area contributed by atoms with E-state index >= 15 is 0 Å². The summed E-state index contributed by atoms with van der Waals surface area (Å²) in [6.07, 6.45) is 3.80. The Morgan fingerprint density at radius 2 is 1.83 bits per heavy atom. The van der Waals surface area contributed by atoms with Crippen molar-refractivity contribution in [2.75, 3.05) is 0 Å². The van der Waals surface area contributed by atoms with Gasteiger partial charge in [-0.1, -0.05) is 12.1 Å². The molecule has 0 aliphatic carbocycles. The van der Waals surface area contributed by atoms with Crippen molar-refractivity contribution in [2.45, 2.75) is 46.8 Å². The van der Waals surface area contributed by atoms with Crippen LogP contribution in [-0.4, -0.2) is 24.3 Å². The molecule has 0 amide bonds. The third-order valence-electron chi connectivity index (χ3n) is 4.39. The molecule has 2 aromatic heterocycles. The van der Waals surface area contributed by atoms with Gasteiger partial charge in [0.05, 0.1) is 6.54 Å². The summed E-state index contributed by atoms with van der Waals surface area (Å²) in [5.41, 5.74) is 2.37. The van der Waals surface area contributed by atoms with Crippen LogP contribution >= 0.6 is 0 Å². The quantitative estimate of drug-likeness (QED) is 0.757. The Balaban J connectivity index is 1.67. The highest BCUT2D eigenvalue weighted by molar-refractivity contribution is 5.36. The summed E-state index contributed by atoms with van der Waals surface area (Å²) in [5, 5.41) is 11.9. The molecule has 0 aliphatic rings. The van der Waals surface area contributed by atoms with Crippen LogP contribution in [0.25, 0.3) is 5.69 Å². The second-order valence-electron chi connectivity index (χ2n) is 5.95. The Bertz CT molecular complexity index is 799. The van der Waals surface area contributed by atoms with Crippen LogP contribution in [0.2, 0.25) is 0 Å². The van der Waals surface area contributed by atoms with Crippen LogP contribution in [-0.2, 0) is 13.1 Å². The average Bonchev–Trinajstić information content (AvgIpc) is 3.18. The summed E-state index contributed by atoms with van der Waals surface area (Å²) >= 11 is 0. The number of aromatic nitrogens is 5. The molecule has 0 bridgehead atoms. The number of hydrogen-bond donors (Lipinski definition) is 1. The lowest BCUT2D eigenvalue weighted by Crippen LogP contribution is -2.21. The predicted octanol–water partition coefficient (Wildman–Crippen LogP) is 2.95. The zero-order valence-corrected chi connectivity index (χ0v) is 14.7. The molecule has 0 saturated carbocycles. The number of hydrogen-bond acceptors (Lipinski definition) is 4. The molecule has 0 unspecified atom stereocenters. The lowest BCUT2D eigenvalue weighted by molar-refractivity contribution is 0.537. The van der Waals surface area contributed by atoms with E-state index in [0.717, 1.165) is 29.7 Å². The SMILES string of the molecule is CCn1c(C)nnc1CN[C@H](C)c1ccc(-n2ccnc2C)cc1. The average molecular weight is 324 g/mol. The molecule has 2 heterocycles. The van der Waals surface area contributed by atoms with Crippen molar-refractivity contribution in [1.29, 1.82) is 0 Å². The number of aryl methyl sites for hydroxylation is 2. The van der Waals surface area contributed by atoms with E-state index in [9.17, 15) is 0 Å². The first kappa shape index (κ1) is 16.4. The molecule has 3 rings (SSSR count). The van der Waals surface area contributed by atoms with E-state index < -0.39 is 0 Å². The summed E-state index contributed by atoms with van der Waals surface area (Å²) in [6, 6.07) is 8.80. The molecule has 1 atom stereocenters. The molecule has 6 heteroatoms. The largest absolute Gasteiger partial charge is 0.314 e. The molecule has 6 nitrogen and oxygen atoms in total. The van der Waals surface area contributed by atoms with Crippen LogP contribution < -0.4 is 5.32 Å². The third-order valence-corrected chi connectivity index (χ3v) is 4.39. The first-order valence-electron chi connectivity index (χ1n) is 8.32. The smallest absolute Gasteiger partial charge is 0.147 e. The monoisotopic (exact) mass is 324 g/mol. The lowest BCUT2D eigenvalue weighted by Gasteiger charge is -2.15. The van der Waals surface area contributed by atoms with Crippen molar-refractivity contribution in [1.82, 2.24) is 29.6 Å². The highest BCUT2D eigenvalue weighted by Gasteiger charge is 2.10. The fourth-order valence-corrected chi connectivity index (χ4v) is 2.90. The van der Waals surface area contributed by atoms with Crippen LogP contribution in [0.15, 0.2) is 36.7 Å². The molecule has 1 N–H and O–H groups in total. The number of nitrogens with one attached hydrogen (secondary N) is 1. The van der Waals surface area contributed by atoms with Gasteiger partial charge in [-0.25, -0.2) is 4.98 Å². The molecule has 126 valence electrons. The van der Waals surface area contributed by atoms with Crippen molar-refractivity contribution < 1.29 is 0 Å². The standard InChI is InChI=1S/C18H24N6/c1-5-23-15(4)21-22-18(23)12-20-13(2)16-6-8-17(9-7-16)24-11-10-19-14(24)3/h6-11,13,20H,5,12H2,1-4H3/t13-/m1/s1. The molecule has 0 radical (unpaired) electrons. The fourth-order valence-electron chi connectivity index (χ4n) is 2.90. The number of benzene rings is 1. The maximum atomic E-state index is 4.27. The molecule has 0 spiro atoms. The third kappa shape index (κ3) is 3.23. The molecule has 24 heavy (non-hydrogen) atoms. The first-order chi connectivity index (χ1) is 11.6. The minimum Gasteiger partial charge on any atom is -0.314 e. The number of nitrogens with zero attached hydrogens (tertiary/aromatic N) is 5. The Kier molecular flexibility index (Phi) is 4.76. The minimum atomic E-state index is 0.241. The fraction of sp³-hybridized carbons (Fsp3) is 0.389. The van der Waals surface area contributed by atoms with Gasteiger partial charge in [0.1, 0.15) is 17.5 Å². The van der Waals surface area contributed by atoms with Gasteiger partial charge in [0.2, 0.25) is 0 Å². The van der Waals surface area contributed by atoms with Gasteiger partial charge in [0.25, 0.3) is 0 Å². The first-order valence-corrected chi connectivity index (χ1v) is 8.32. The molecular formula is C18H24N6. The van der Waals surface area contributed by atoms with Gasteiger partial charge >= 0.3 is 0 Å². The van der Waals surface area contributed by atoms with E-state index in [1.165, 1.54) is 5.56 Å². The van der Waals surface area contributed by atoms with Crippen LogP contribution in [0.3, 0.4) is 0 Å². The van der Waals surface area contributed by atoms with Gasteiger partial charge < -0.3 is 14.5 Å². The Labute approximate surface area is 142 Å². The molecule has 3 aromatic rings. The second-order valence-corrected chi connectivity index (χ2v) is 5.95. The molecular weight excluding hydrogens is 300 g/mol. The molecule has 0 saturated heterocycles. The molecule has 1 aromatic carbocycles. The van der Waals surface area contributed by atoms with Gasteiger partial charge in [-0.05, 0) is 45.4 Å². The molecule has 0 fully saturated rings. The maximum absolute atomic E-state index is 4.27. The number of rotatable bonds is 6. The van der Waals surface area contributed by atoms with Gasteiger partial charge in [0.15, 0.2) is 0 Å². The predicted molar refractivity (Wildman–Crippen MR) is 94.0 cm³/mol. The normalized spacial score (nSPS) is 12.5. The van der Waals surface area contributed by atoms with E-state index in [1.807, 2.05) is 26.2 Å². The van der Waals surface area contributed by atoms with E-state index in [2.05, 4.69) is 67.7 Å². The van der Waals surface area contributed by atoms with Gasteiger partial charge in [-0.3, -0.25) is 0 Å². The summed E-state index contributed by atoms with van der Waals surface area (Å²) in [6.45, 7) is 9.86. The van der Waals surface area contributed by atoms with Crippen molar-refractivity contribution in [3.63, 3.8) is 0 Å². The second kappa shape index (κ2) is 6.97. The van der Waals surface area contributed by atoms with Gasteiger partial charge in [-0.2, -0.15) is 0 Å². The Hall–Kier alpha value is -2.47. The van der Waals surface area contributed by atoms with Crippen LogP contribution in [0, 0.1) is 13.8 Å². The van der Waals surface area contributed by atoms with Crippen molar-refractivity contribution in [2.24, 2.45) is 0 Å². The summed E-state index contributed by atoms with van der Waals surface area (Å²) in [4.78, 5) is 4.27. The lowest BCUT2D eigenvalue weighted by atomic mass is 10.1. The van der Waals surface area contributed by atoms with E-state index in [4.69, 9.17) is 0 Å². The zero-order chi connectivity index (χ0) is 17.1. The number of imidazole rings is 1. The van der Waals surface area contributed by atoms with Crippen LogP contribution in [0.1, 0.15) is 42.9 Å². The summed E-state index contributed by atoms with van der Waals surface area (Å²) in [7, 11) is 0. The topological polar surface area (TPSA) is 60.6 Å². The summed E-state index contributed by atoms with van der Waals surface area (Å²) < 4.78 is 4.21. The van der Waals surface area contributed by atoms with E-state index in [-0.39, 0.29) is 6.04 Å². The highest BCUT2D eigenvalue weighted by Crippen LogP contribution is 2.17. The highest BCUT2D eigenvalue weighted by atomic mass is 15.3. The van der Waals surface area contributed by atoms with E-state index in [1.54, 1.807) is 0 Å². The van der Waals surface area contributed by atoms with Crippen molar-refractivity contribution in [3.8, 4) is 5.69 Å². The zero-order valence-electron chi connectivity index (χ0n) is 14.7. The van der Waals surface area contributed by atoms with Crippen molar-refractivity contribution in [3.05, 3.63) is 59.7 Å². The van der Waals surface area contributed by atoms with E-state index in [0.29, 0.717) is 6.54 Å². The van der Waals surface area contributed by atoms with Crippen LogP contribution in [0.5, 0.6) is 0 Å². The minimum absolute atomic E-state index is 0.241. The van der Waals surface area contributed by atoms with Crippen molar-refractivity contribution >= 4 is 0 Å². The molecule has 0 aliphatic heterocycles. The van der Waals surface area contributed by atoms with Crippen LogP contribution in [0.4, 0.5) is 0 Å². The summed E-state index contributed by atoms with van der Waals surface area (Å²) in [5.74, 6) is 2.93. The maximum Gasteiger partial charge on any atom is 0.147 e. The van der Waals surface area contributed by atoms with Gasteiger partial charge in [-0.15, -0.1) is 10.2 Å².